The van der Waals surface area contributed by atoms with Crippen LogP contribution in [0.3, 0.4) is 0 Å². The summed E-state index contributed by atoms with van der Waals surface area (Å²) in [7, 11) is 0. The summed E-state index contributed by atoms with van der Waals surface area (Å²) in [6, 6.07) is 16.8. The average molecular weight is 449 g/mol. The summed E-state index contributed by atoms with van der Waals surface area (Å²) in [4.78, 5) is 24.8. The molecule has 3 rings (SSSR count). The number of ketones is 1. The summed E-state index contributed by atoms with van der Waals surface area (Å²) in [5, 5.41) is 0. The third kappa shape index (κ3) is 8.27. The Labute approximate surface area is 195 Å². The summed E-state index contributed by atoms with van der Waals surface area (Å²) in [5.74, 6) is 1.84. The highest BCUT2D eigenvalue weighted by molar-refractivity contribution is 6.09. The van der Waals surface area contributed by atoms with Crippen molar-refractivity contribution < 1.29 is 23.5 Å². The third-order valence-corrected chi connectivity index (χ3v) is 4.04. The van der Waals surface area contributed by atoms with Crippen molar-refractivity contribution in [3.63, 3.8) is 0 Å². The molecule has 0 heterocycles. The van der Waals surface area contributed by atoms with Crippen LogP contribution >= 0.6 is 0 Å². The quantitative estimate of drug-likeness (QED) is 0.183. The van der Waals surface area contributed by atoms with Crippen molar-refractivity contribution in [1.82, 2.24) is 0 Å². The summed E-state index contributed by atoms with van der Waals surface area (Å²) in [6.07, 6.45) is 5.14. The fraction of sp³-hybridized carbons (Fsp3) is 0.214. The number of esters is 1. The van der Waals surface area contributed by atoms with E-state index in [0.29, 0.717) is 22.4 Å². The zero-order valence-electron chi connectivity index (χ0n) is 19.6. The number of ether oxygens (including phenoxy) is 2. The van der Waals surface area contributed by atoms with E-state index in [1.807, 2.05) is 27.7 Å². The number of hydrogen-bond donors (Lipinski definition) is 0. The van der Waals surface area contributed by atoms with Crippen molar-refractivity contribution in [2.24, 2.45) is 0 Å². The molecular formula is C28H29FO4. The van der Waals surface area contributed by atoms with Crippen LogP contribution in [0.5, 0.6) is 11.5 Å². The highest BCUT2D eigenvalue weighted by Gasteiger charge is 2.13. The minimum atomic E-state index is -0.672. The zero-order valence-corrected chi connectivity index (χ0v) is 19.6. The van der Waals surface area contributed by atoms with Gasteiger partial charge in [-0.3, -0.25) is 4.79 Å². The molecule has 0 saturated heterocycles. The highest BCUT2D eigenvalue weighted by atomic mass is 19.1. The van der Waals surface area contributed by atoms with Crippen LogP contribution in [0.1, 0.15) is 59.5 Å². The Balaban J connectivity index is 0.00000129. The molecule has 4 nitrogen and oxygen atoms in total. The molecule has 0 saturated carbocycles. The van der Waals surface area contributed by atoms with Gasteiger partial charge in [0.15, 0.2) is 5.78 Å². The predicted octanol–water partition coefficient (Wildman–Crippen LogP) is 6.65. The van der Waals surface area contributed by atoms with Crippen LogP contribution in [0.25, 0.3) is 0 Å². The molecule has 0 N–H and O–H groups in total. The van der Waals surface area contributed by atoms with Crippen LogP contribution in [0.15, 0.2) is 66.7 Å². The van der Waals surface area contributed by atoms with Crippen molar-refractivity contribution in [3.05, 3.63) is 94.8 Å². The van der Waals surface area contributed by atoms with Gasteiger partial charge in [-0.1, -0.05) is 33.6 Å². The largest absolute Gasteiger partial charge is 0.481 e. The lowest BCUT2D eigenvalue weighted by molar-refractivity contribution is 0.0734. The standard InChI is InChI=1S/C24H17FO4.2C2H6/c1-3-12-28-21-8-4-17(5-9-21)23(26)18-6-10-22(11-7-18)29-24(27)19-13-16(2)14-20(25)15-19;2*1-2/h1,4-11,13-15H,12H2,2H3;2*1-2H3. The molecule has 0 atom stereocenters. The molecule has 0 unspecified atom stereocenters. The molecule has 3 aromatic carbocycles. The summed E-state index contributed by atoms with van der Waals surface area (Å²) < 4.78 is 24.0. The summed E-state index contributed by atoms with van der Waals surface area (Å²) in [5.41, 5.74) is 1.66. The van der Waals surface area contributed by atoms with E-state index in [0.717, 1.165) is 6.07 Å². The second kappa shape index (κ2) is 14.2. The van der Waals surface area contributed by atoms with Gasteiger partial charge >= 0.3 is 5.97 Å². The van der Waals surface area contributed by atoms with Crippen LogP contribution in [-0.4, -0.2) is 18.4 Å². The first-order valence-electron chi connectivity index (χ1n) is 10.8. The molecule has 5 heteroatoms. The highest BCUT2D eigenvalue weighted by Crippen LogP contribution is 2.19. The SMILES string of the molecule is C#CCOc1ccc(C(=O)c2ccc(OC(=O)c3cc(C)cc(F)c3)cc2)cc1.CC.CC. The number of hydrogen-bond acceptors (Lipinski definition) is 4. The van der Waals surface area contributed by atoms with Crippen LogP contribution < -0.4 is 9.47 Å². The summed E-state index contributed by atoms with van der Waals surface area (Å²) >= 11 is 0. The predicted molar refractivity (Wildman–Crippen MR) is 129 cm³/mol. The van der Waals surface area contributed by atoms with E-state index in [-0.39, 0.29) is 23.7 Å². The van der Waals surface area contributed by atoms with Crippen molar-refractivity contribution in [2.75, 3.05) is 6.61 Å². The number of terminal acetylenes is 1. The molecule has 0 radical (unpaired) electrons. The summed E-state index contributed by atoms with van der Waals surface area (Å²) in [6.45, 7) is 9.84. The lowest BCUT2D eigenvalue weighted by atomic mass is 10.0. The Morgan fingerprint density at radius 1 is 0.818 bits per heavy atom. The number of rotatable bonds is 6. The first kappa shape index (κ1) is 27.1. The first-order valence-corrected chi connectivity index (χ1v) is 10.8. The molecule has 3 aromatic rings. The fourth-order valence-electron chi connectivity index (χ4n) is 2.69. The van der Waals surface area contributed by atoms with Crippen LogP contribution in [0.2, 0.25) is 0 Å². The van der Waals surface area contributed by atoms with Gasteiger partial charge in [0, 0.05) is 11.1 Å². The number of carbonyl (C=O) groups excluding carboxylic acids is 2. The van der Waals surface area contributed by atoms with E-state index in [4.69, 9.17) is 15.9 Å². The molecule has 0 amide bonds. The van der Waals surface area contributed by atoms with Crippen molar-refractivity contribution in [3.8, 4) is 23.8 Å². The van der Waals surface area contributed by atoms with Gasteiger partial charge in [-0.15, -0.1) is 6.42 Å². The van der Waals surface area contributed by atoms with Crippen LogP contribution in [0.4, 0.5) is 4.39 Å². The minimum Gasteiger partial charge on any atom is -0.481 e. The zero-order chi connectivity index (χ0) is 24.8. The fourth-order valence-corrected chi connectivity index (χ4v) is 2.69. The Kier molecular flexibility index (Phi) is 11.7. The Hall–Kier alpha value is -3.91. The maximum Gasteiger partial charge on any atom is 0.343 e. The second-order valence-electron chi connectivity index (χ2n) is 6.28. The van der Waals surface area contributed by atoms with Crippen molar-refractivity contribution in [2.45, 2.75) is 34.6 Å². The third-order valence-electron chi connectivity index (χ3n) is 4.04. The molecule has 0 aliphatic rings. The van der Waals surface area contributed by atoms with Gasteiger partial charge in [0.05, 0.1) is 5.56 Å². The molecule has 0 aliphatic carbocycles. The number of benzene rings is 3. The van der Waals surface area contributed by atoms with E-state index in [1.54, 1.807) is 49.4 Å². The van der Waals surface area contributed by atoms with E-state index >= 15 is 0 Å². The normalized spacial score (nSPS) is 9.24. The Morgan fingerprint density at radius 3 is 1.82 bits per heavy atom. The molecule has 0 aliphatic heterocycles. The topological polar surface area (TPSA) is 52.6 Å². The van der Waals surface area contributed by atoms with Gasteiger partial charge < -0.3 is 9.47 Å². The molecular weight excluding hydrogens is 419 g/mol. The average Bonchev–Trinajstić information content (AvgIpc) is 2.85. The Morgan fingerprint density at radius 2 is 1.33 bits per heavy atom. The lowest BCUT2D eigenvalue weighted by Crippen LogP contribution is -2.09. The molecule has 0 bridgehead atoms. The molecule has 0 spiro atoms. The van der Waals surface area contributed by atoms with Gasteiger partial charge in [0.25, 0.3) is 0 Å². The lowest BCUT2D eigenvalue weighted by Gasteiger charge is -2.07. The first-order chi connectivity index (χ1) is 16.0. The molecule has 0 fully saturated rings. The smallest absolute Gasteiger partial charge is 0.343 e. The maximum absolute atomic E-state index is 13.5. The number of aryl methyl sites for hydroxylation is 1. The van der Waals surface area contributed by atoms with Crippen LogP contribution in [0, 0.1) is 25.1 Å². The monoisotopic (exact) mass is 448 g/mol. The van der Waals surface area contributed by atoms with Gasteiger partial charge in [-0.2, -0.15) is 0 Å². The van der Waals surface area contributed by atoms with Crippen molar-refractivity contribution >= 4 is 11.8 Å². The van der Waals surface area contributed by atoms with Gasteiger partial charge in [-0.05, 0) is 79.2 Å². The minimum absolute atomic E-state index is 0.120. The van der Waals surface area contributed by atoms with E-state index < -0.39 is 11.8 Å². The van der Waals surface area contributed by atoms with Crippen LogP contribution in [-0.2, 0) is 0 Å². The molecule has 33 heavy (non-hydrogen) atoms. The van der Waals surface area contributed by atoms with Crippen molar-refractivity contribution in [1.29, 1.82) is 0 Å². The van der Waals surface area contributed by atoms with Gasteiger partial charge in [0.1, 0.15) is 23.9 Å². The molecule has 172 valence electrons. The van der Waals surface area contributed by atoms with E-state index in [2.05, 4.69) is 5.92 Å². The van der Waals surface area contributed by atoms with Gasteiger partial charge in [-0.25, -0.2) is 9.18 Å². The van der Waals surface area contributed by atoms with E-state index in [9.17, 15) is 14.0 Å². The van der Waals surface area contributed by atoms with E-state index in [1.165, 1.54) is 18.2 Å². The maximum atomic E-state index is 13.5. The number of carbonyl (C=O) groups is 2. The number of halogens is 1. The second-order valence-corrected chi connectivity index (χ2v) is 6.28. The molecule has 0 aromatic heterocycles. The Bertz CT molecular complexity index is 1060. The van der Waals surface area contributed by atoms with Gasteiger partial charge in [0.2, 0.25) is 0 Å².